The summed E-state index contributed by atoms with van der Waals surface area (Å²) in [6, 6.07) is 0. The molecule has 6 nitrogen and oxygen atoms in total. The highest BCUT2D eigenvalue weighted by atomic mass is 32.1. The zero-order chi connectivity index (χ0) is 13.9. The van der Waals surface area contributed by atoms with Crippen LogP contribution in [-0.2, 0) is 6.54 Å². The summed E-state index contributed by atoms with van der Waals surface area (Å²) in [6.07, 6.45) is 7.28. The summed E-state index contributed by atoms with van der Waals surface area (Å²) in [7, 11) is 3.84. The van der Waals surface area contributed by atoms with Gasteiger partial charge in [-0.1, -0.05) is 12.8 Å². The molecule has 1 aliphatic rings. The van der Waals surface area contributed by atoms with Gasteiger partial charge in [-0.2, -0.15) is 4.98 Å². The highest BCUT2D eigenvalue weighted by molar-refractivity contribution is 7.11. The summed E-state index contributed by atoms with van der Waals surface area (Å²) in [6.45, 7) is 0.743. The van der Waals surface area contributed by atoms with Crippen LogP contribution >= 0.6 is 11.3 Å². The monoisotopic (exact) mass is 292 g/mol. The van der Waals surface area contributed by atoms with Crippen LogP contribution in [0.15, 0.2) is 6.20 Å². The summed E-state index contributed by atoms with van der Waals surface area (Å²) >= 11 is 1.82. The van der Waals surface area contributed by atoms with Crippen molar-refractivity contribution in [2.45, 2.75) is 38.1 Å². The summed E-state index contributed by atoms with van der Waals surface area (Å²) < 4.78 is 0. The molecule has 0 radical (unpaired) electrons. The number of hydrogen-bond donors (Lipinski definition) is 2. The van der Waals surface area contributed by atoms with E-state index < -0.39 is 0 Å². The van der Waals surface area contributed by atoms with Gasteiger partial charge in [-0.05, 0) is 12.8 Å². The molecule has 0 aromatic carbocycles. The van der Waals surface area contributed by atoms with Crippen molar-refractivity contribution in [3.63, 3.8) is 0 Å². The van der Waals surface area contributed by atoms with Gasteiger partial charge in [-0.25, -0.2) is 10.1 Å². The lowest BCUT2D eigenvalue weighted by Crippen LogP contribution is -2.10. The van der Waals surface area contributed by atoms with E-state index >= 15 is 0 Å². The van der Waals surface area contributed by atoms with E-state index in [2.05, 4.69) is 25.5 Å². The van der Waals surface area contributed by atoms with Crippen molar-refractivity contribution in [1.29, 1.82) is 0 Å². The molecular weight excluding hydrogens is 272 g/mol. The molecule has 0 amide bonds. The Bertz CT molecular complexity index is 555. The molecule has 1 aliphatic carbocycles. The minimum Gasteiger partial charge on any atom is -0.350 e. The van der Waals surface area contributed by atoms with E-state index in [0.29, 0.717) is 17.8 Å². The number of nitrogens with one attached hydrogen (secondary N) is 2. The van der Waals surface area contributed by atoms with Crippen molar-refractivity contribution in [2.75, 3.05) is 24.3 Å². The second-order valence-corrected chi connectivity index (χ2v) is 6.52. The predicted octanol–water partition coefficient (Wildman–Crippen LogP) is 2.60. The van der Waals surface area contributed by atoms with Gasteiger partial charge < -0.3 is 10.2 Å². The van der Waals surface area contributed by atoms with E-state index in [1.807, 2.05) is 36.5 Å². The Morgan fingerprint density at radius 2 is 2.20 bits per heavy atom. The first kappa shape index (κ1) is 13.4. The number of rotatable bonds is 5. The first-order chi connectivity index (χ1) is 9.72. The van der Waals surface area contributed by atoms with E-state index in [-0.39, 0.29) is 0 Å². The van der Waals surface area contributed by atoms with E-state index in [1.54, 1.807) is 0 Å². The molecule has 20 heavy (non-hydrogen) atoms. The Kier molecular flexibility index (Phi) is 3.86. The highest BCUT2D eigenvalue weighted by Gasteiger charge is 2.20. The Morgan fingerprint density at radius 1 is 1.40 bits per heavy atom. The van der Waals surface area contributed by atoms with Crippen LogP contribution in [0.25, 0.3) is 0 Å². The van der Waals surface area contributed by atoms with Gasteiger partial charge >= 0.3 is 0 Å². The molecule has 0 bridgehead atoms. The second-order valence-electron chi connectivity index (χ2n) is 5.38. The number of nitrogens with zero attached hydrogens (tertiary/aromatic N) is 4. The van der Waals surface area contributed by atoms with Gasteiger partial charge in [0.1, 0.15) is 0 Å². The van der Waals surface area contributed by atoms with Gasteiger partial charge in [0.2, 0.25) is 11.9 Å². The Balaban J connectivity index is 1.57. The van der Waals surface area contributed by atoms with Crippen LogP contribution in [0.3, 0.4) is 0 Å². The van der Waals surface area contributed by atoms with E-state index in [9.17, 15) is 0 Å². The van der Waals surface area contributed by atoms with Crippen molar-refractivity contribution >= 4 is 23.2 Å². The fourth-order valence-corrected chi connectivity index (χ4v) is 3.49. The van der Waals surface area contributed by atoms with Crippen molar-refractivity contribution in [1.82, 2.24) is 20.2 Å². The first-order valence-electron chi connectivity index (χ1n) is 7.00. The fraction of sp³-hybridized carbons (Fsp3) is 0.615. The molecule has 7 heteroatoms. The third kappa shape index (κ3) is 2.92. The zero-order valence-electron chi connectivity index (χ0n) is 11.9. The van der Waals surface area contributed by atoms with E-state index in [1.165, 1.54) is 35.6 Å². The fourth-order valence-electron chi connectivity index (χ4n) is 2.47. The molecule has 0 unspecified atom stereocenters. The van der Waals surface area contributed by atoms with Crippen molar-refractivity contribution in [3.05, 3.63) is 16.1 Å². The largest absolute Gasteiger partial charge is 0.350 e. The summed E-state index contributed by atoms with van der Waals surface area (Å²) in [5.41, 5.74) is 0. The number of H-pyrrole nitrogens is 1. The second kappa shape index (κ2) is 5.78. The smallest absolute Gasteiger partial charge is 0.245 e. The van der Waals surface area contributed by atoms with Gasteiger partial charge in [-0.15, -0.1) is 16.4 Å². The summed E-state index contributed by atoms with van der Waals surface area (Å²) in [5.74, 6) is 2.08. The van der Waals surface area contributed by atoms with Crippen LogP contribution in [0.2, 0.25) is 0 Å². The zero-order valence-corrected chi connectivity index (χ0v) is 12.7. The molecule has 2 N–H and O–H groups in total. The molecule has 1 fully saturated rings. The highest BCUT2D eigenvalue weighted by Crippen LogP contribution is 2.36. The molecular formula is C13H20N6S. The van der Waals surface area contributed by atoms with Gasteiger partial charge in [-0.3, -0.25) is 0 Å². The number of hydrogen-bond acceptors (Lipinski definition) is 6. The number of aromatic nitrogens is 4. The lowest BCUT2D eigenvalue weighted by Gasteiger charge is -2.04. The maximum absolute atomic E-state index is 4.57. The maximum Gasteiger partial charge on any atom is 0.245 e. The molecule has 0 atom stereocenters. The van der Waals surface area contributed by atoms with Gasteiger partial charge in [0.15, 0.2) is 0 Å². The SMILES string of the molecule is CN(C)c1n[nH]c(NCc2cnc(C3CCCC3)s2)n1. The van der Waals surface area contributed by atoms with Crippen LogP contribution < -0.4 is 10.2 Å². The van der Waals surface area contributed by atoms with Crippen LogP contribution in [0.5, 0.6) is 0 Å². The lowest BCUT2D eigenvalue weighted by molar-refractivity contribution is 0.716. The molecule has 0 aliphatic heterocycles. The summed E-state index contributed by atoms with van der Waals surface area (Å²) in [5, 5.41) is 11.6. The topological polar surface area (TPSA) is 69.7 Å². The predicted molar refractivity (Wildman–Crippen MR) is 81.4 cm³/mol. The molecule has 2 aromatic heterocycles. The molecule has 3 rings (SSSR count). The Hall–Kier alpha value is -1.63. The van der Waals surface area contributed by atoms with Gasteiger partial charge in [0, 0.05) is 31.1 Å². The third-order valence-corrected chi connectivity index (χ3v) is 4.74. The average Bonchev–Trinajstić information content (AvgIpc) is 3.17. The normalized spacial score (nSPS) is 15.7. The van der Waals surface area contributed by atoms with E-state index in [0.717, 1.165) is 6.54 Å². The van der Waals surface area contributed by atoms with Crippen molar-refractivity contribution < 1.29 is 0 Å². The average molecular weight is 292 g/mol. The molecule has 1 saturated carbocycles. The third-order valence-electron chi connectivity index (χ3n) is 3.58. The van der Waals surface area contributed by atoms with Crippen molar-refractivity contribution in [2.24, 2.45) is 0 Å². The summed E-state index contributed by atoms with van der Waals surface area (Å²) in [4.78, 5) is 12.0. The number of aromatic amines is 1. The van der Waals surface area contributed by atoms with Crippen LogP contribution in [0.4, 0.5) is 11.9 Å². The number of anilines is 2. The minimum absolute atomic E-state index is 0.684. The quantitative estimate of drug-likeness (QED) is 0.886. The van der Waals surface area contributed by atoms with E-state index in [4.69, 9.17) is 0 Å². The molecule has 0 saturated heterocycles. The van der Waals surface area contributed by atoms with Gasteiger partial charge in [0.25, 0.3) is 0 Å². The molecule has 2 heterocycles. The Morgan fingerprint density at radius 3 is 2.90 bits per heavy atom. The molecule has 2 aromatic rings. The minimum atomic E-state index is 0.684. The van der Waals surface area contributed by atoms with Crippen molar-refractivity contribution in [3.8, 4) is 0 Å². The standard InChI is InChI=1S/C13H20N6S/c1-19(2)13-16-12(17-18-13)15-8-10-7-14-11(20-10)9-5-3-4-6-9/h7,9H,3-6,8H2,1-2H3,(H2,15,16,17,18). The number of thiazole rings is 1. The van der Waals surface area contributed by atoms with Crippen LogP contribution in [-0.4, -0.2) is 34.3 Å². The Labute approximate surface area is 122 Å². The first-order valence-corrected chi connectivity index (χ1v) is 7.82. The molecule has 0 spiro atoms. The van der Waals surface area contributed by atoms with Gasteiger partial charge in [0.05, 0.1) is 11.6 Å². The lowest BCUT2D eigenvalue weighted by atomic mass is 10.1. The molecule has 108 valence electrons. The van der Waals surface area contributed by atoms with Crippen LogP contribution in [0, 0.1) is 0 Å². The maximum atomic E-state index is 4.57. The van der Waals surface area contributed by atoms with Crippen LogP contribution in [0.1, 0.15) is 41.5 Å².